The Morgan fingerprint density at radius 3 is 2.41 bits per heavy atom. The van der Waals surface area contributed by atoms with Crippen LogP contribution in [-0.2, 0) is 4.74 Å². The van der Waals surface area contributed by atoms with Crippen molar-refractivity contribution < 1.29 is 14.2 Å². The number of anilines is 2. The van der Waals surface area contributed by atoms with E-state index in [4.69, 9.17) is 35.0 Å². The second kappa shape index (κ2) is 8.35. The van der Waals surface area contributed by atoms with Crippen LogP contribution in [-0.4, -0.2) is 60.3 Å². The van der Waals surface area contributed by atoms with E-state index in [2.05, 4.69) is 4.90 Å². The molecule has 0 atom stereocenters. The second-order valence-corrected chi connectivity index (χ2v) is 7.40. The van der Waals surface area contributed by atoms with Gasteiger partial charge in [-0.25, -0.2) is 9.67 Å². The minimum Gasteiger partial charge on any atom is -0.497 e. The lowest BCUT2D eigenvalue weighted by atomic mass is 10.1. The van der Waals surface area contributed by atoms with Crippen molar-refractivity contribution in [1.82, 2.24) is 19.7 Å². The van der Waals surface area contributed by atoms with Crippen molar-refractivity contribution in [3.63, 3.8) is 0 Å². The lowest BCUT2D eigenvalue weighted by Crippen LogP contribution is -2.37. The molecule has 32 heavy (non-hydrogen) atoms. The zero-order chi connectivity index (χ0) is 22.1. The number of fused-ring (bicyclic) bond motifs is 1. The largest absolute Gasteiger partial charge is 0.497 e. The Morgan fingerprint density at radius 2 is 1.69 bits per heavy atom. The highest BCUT2D eigenvalue weighted by Gasteiger charge is 2.22. The minimum atomic E-state index is 0.469. The third-order valence-electron chi connectivity index (χ3n) is 5.51. The molecule has 2 N–H and O–H groups in total. The molecule has 0 unspecified atom stereocenters. The minimum absolute atomic E-state index is 0.469. The van der Waals surface area contributed by atoms with Crippen molar-refractivity contribution in [2.75, 3.05) is 51.2 Å². The summed E-state index contributed by atoms with van der Waals surface area (Å²) in [6.07, 6.45) is 0. The van der Waals surface area contributed by atoms with Gasteiger partial charge in [0, 0.05) is 18.7 Å². The van der Waals surface area contributed by atoms with E-state index in [0.29, 0.717) is 41.7 Å². The summed E-state index contributed by atoms with van der Waals surface area (Å²) in [6, 6.07) is 15.3. The molecule has 9 nitrogen and oxygen atoms in total. The highest BCUT2D eigenvalue weighted by molar-refractivity contribution is 5.99. The normalized spacial score (nSPS) is 14.0. The van der Waals surface area contributed by atoms with Crippen molar-refractivity contribution in [2.45, 2.75) is 0 Å². The first-order chi connectivity index (χ1) is 15.7. The average molecular weight is 432 g/mol. The summed E-state index contributed by atoms with van der Waals surface area (Å²) >= 11 is 0. The number of aromatic nitrogens is 4. The van der Waals surface area contributed by atoms with Crippen LogP contribution < -0.4 is 20.1 Å². The number of benzene rings is 2. The number of nitrogen functional groups attached to an aromatic ring is 1. The molecule has 3 heterocycles. The van der Waals surface area contributed by atoms with Crippen LogP contribution in [0.3, 0.4) is 0 Å². The zero-order valence-corrected chi connectivity index (χ0v) is 18.0. The number of nitrogens with zero attached hydrogens (tertiary/aromatic N) is 5. The Bertz CT molecular complexity index is 1250. The average Bonchev–Trinajstić information content (AvgIpc) is 3.20. The molecule has 0 aliphatic carbocycles. The van der Waals surface area contributed by atoms with Crippen molar-refractivity contribution in [3.8, 4) is 28.4 Å². The van der Waals surface area contributed by atoms with Gasteiger partial charge < -0.3 is 24.8 Å². The van der Waals surface area contributed by atoms with E-state index in [9.17, 15) is 0 Å². The van der Waals surface area contributed by atoms with Gasteiger partial charge in [-0.15, -0.1) is 5.10 Å². The van der Waals surface area contributed by atoms with Crippen LogP contribution in [0.2, 0.25) is 0 Å². The van der Waals surface area contributed by atoms with Crippen LogP contribution >= 0.6 is 0 Å². The maximum atomic E-state index is 6.60. The smallest absolute Gasteiger partial charge is 0.228 e. The van der Waals surface area contributed by atoms with Crippen LogP contribution in [0.15, 0.2) is 48.5 Å². The maximum Gasteiger partial charge on any atom is 0.228 e. The third kappa shape index (κ3) is 3.56. The predicted molar refractivity (Wildman–Crippen MR) is 123 cm³/mol. The van der Waals surface area contributed by atoms with E-state index >= 15 is 0 Å². The summed E-state index contributed by atoms with van der Waals surface area (Å²) in [4.78, 5) is 11.8. The van der Waals surface area contributed by atoms with Crippen molar-refractivity contribution >= 4 is 22.8 Å². The number of methoxy groups -OCH3 is 2. The molecule has 2 aromatic carbocycles. The zero-order valence-electron chi connectivity index (χ0n) is 18.0. The van der Waals surface area contributed by atoms with E-state index in [1.807, 2.05) is 48.5 Å². The van der Waals surface area contributed by atoms with Gasteiger partial charge in [0.25, 0.3) is 0 Å². The summed E-state index contributed by atoms with van der Waals surface area (Å²) in [6.45, 7) is 2.71. The molecule has 1 saturated heterocycles. The van der Waals surface area contributed by atoms with Gasteiger partial charge in [0.1, 0.15) is 17.3 Å². The van der Waals surface area contributed by atoms with Crippen LogP contribution in [0, 0.1) is 0 Å². The summed E-state index contributed by atoms with van der Waals surface area (Å²) in [5, 5.41) is 5.43. The van der Waals surface area contributed by atoms with Gasteiger partial charge in [0.15, 0.2) is 5.65 Å². The molecule has 1 aliphatic rings. The number of nitrogens with two attached hydrogens (primary N) is 1. The fourth-order valence-corrected chi connectivity index (χ4v) is 3.80. The van der Waals surface area contributed by atoms with Gasteiger partial charge in [-0.05, 0) is 36.4 Å². The van der Waals surface area contributed by atoms with Crippen LogP contribution in [0.25, 0.3) is 28.0 Å². The second-order valence-electron chi connectivity index (χ2n) is 7.40. The van der Waals surface area contributed by atoms with Gasteiger partial charge in [-0.1, -0.05) is 12.1 Å². The van der Waals surface area contributed by atoms with E-state index < -0.39 is 0 Å². The Kier molecular flexibility index (Phi) is 5.24. The molecule has 1 aliphatic heterocycles. The molecule has 0 saturated carbocycles. The lowest BCUT2D eigenvalue weighted by Gasteiger charge is -2.27. The van der Waals surface area contributed by atoms with Gasteiger partial charge >= 0.3 is 0 Å². The molecule has 9 heteroatoms. The molecule has 0 radical (unpaired) electrons. The summed E-state index contributed by atoms with van der Waals surface area (Å²) < 4.78 is 17.9. The summed E-state index contributed by atoms with van der Waals surface area (Å²) in [5.74, 6) is 2.58. The molecule has 0 bridgehead atoms. The van der Waals surface area contributed by atoms with Crippen molar-refractivity contribution in [3.05, 3.63) is 48.5 Å². The van der Waals surface area contributed by atoms with Gasteiger partial charge in [0.05, 0.1) is 44.2 Å². The fraction of sp³-hybridized carbons (Fsp3) is 0.261. The SMILES string of the molecule is COc1ccc(-n2nc3nc(N4CCOCC4)nc(-c4cccc(OC)c4)c3c2N)cc1. The van der Waals surface area contributed by atoms with E-state index in [1.54, 1.807) is 18.9 Å². The number of rotatable bonds is 5. The van der Waals surface area contributed by atoms with Crippen LogP contribution in [0.5, 0.6) is 11.5 Å². The maximum absolute atomic E-state index is 6.60. The number of hydrogen-bond donors (Lipinski definition) is 1. The molecular weight excluding hydrogens is 408 g/mol. The highest BCUT2D eigenvalue weighted by Crippen LogP contribution is 2.35. The van der Waals surface area contributed by atoms with Gasteiger partial charge in [-0.2, -0.15) is 4.98 Å². The Hall–Kier alpha value is -3.85. The quantitative estimate of drug-likeness (QED) is 0.514. The third-order valence-corrected chi connectivity index (χ3v) is 5.51. The first kappa shape index (κ1) is 20.1. The Morgan fingerprint density at radius 1 is 0.938 bits per heavy atom. The number of hydrogen-bond acceptors (Lipinski definition) is 8. The fourth-order valence-electron chi connectivity index (χ4n) is 3.80. The van der Waals surface area contributed by atoms with Crippen LogP contribution in [0.1, 0.15) is 0 Å². The Labute approximate surface area is 185 Å². The highest BCUT2D eigenvalue weighted by atomic mass is 16.5. The van der Waals surface area contributed by atoms with Crippen molar-refractivity contribution in [2.24, 2.45) is 0 Å². The standard InChI is InChI=1S/C23H24N6O3/c1-30-17-8-6-16(7-9-17)29-21(24)19-20(15-4-3-5-18(14-15)31-2)25-23(26-22(19)27-29)28-10-12-32-13-11-28/h3-9,14H,10-13,24H2,1-2H3. The monoisotopic (exact) mass is 432 g/mol. The van der Waals surface area contributed by atoms with Gasteiger partial charge in [-0.3, -0.25) is 0 Å². The first-order valence-electron chi connectivity index (χ1n) is 10.4. The molecule has 2 aromatic heterocycles. The Balaban J connectivity index is 1.71. The number of morpholine rings is 1. The molecule has 5 rings (SSSR count). The van der Waals surface area contributed by atoms with Gasteiger partial charge in [0.2, 0.25) is 5.95 Å². The van der Waals surface area contributed by atoms with E-state index in [0.717, 1.165) is 35.8 Å². The summed E-state index contributed by atoms with van der Waals surface area (Å²) in [7, 11) is 3.28. The van der Waals surface area contributed by atoms with Crippen molar-refractivity contribution in [1.29, 1.82) is 0 Å². The molecule has 4 aromatic rings. The van der Waals surface area contributed by atoms with E-state index in [1.165, 1.54) is 0 Å². The van der Waals surface area contributed by atoms with Crippen LogP contribution in [0.4, 0.5) is 11.8 Å². The topological polar surface area (TPSA) is 101 Å². The molecule has 1 fully saturated rings. The lowest BCUT2D eigenvalue weighted by molar-refractivity contribution is 0.122. The molecule has 164 valence electrons. The first-order valence-corrected chi connectivity index (χ1v) is 10.4. The number of ether oxygens (including phenoxy) is 3. The summed E-state index contributed by atoms with van der Waals surface area (Å²) in [5.41, 5.74) is 9.55. The van der Waals surface area contributed by atoms with E-state index in [-0.39, 0.29) is 0 Å². The predicted octanol–water partition coefficient (Wildman–Crippen LogP) is 2.92. The molecule has 0 spiro atoms. The molecule has 0 amide bonds. The molecular formula is C23H24N6O3.